The molecule has 2 aromatic carbocycles. The van der Waals surface area contributed by atoms with Crippen molar-refractivity contribution in [1.29, 1.82) is 5.41 Å². The highest BCUT2D eigenvalue weighted by atomic mass is 16.4. The van der Waals surface area contributed by atoms with Crippen molar-refractivity contribution in [3.8, 4) is 0 Å². The molecule has 0 saturated carbocycles. The van der Waals surface area contributed by atoms with Crippen molar-refractivity contribution in [1.82, 2.24) is 4.57 Å². The average Bonchev–Trinajstić information content (AvgIpc) is 2.86. The molecular formula is C19H20N2O2. The Kier molecular flexibility index (Phi) is 5.31. The monoisotopic (exact) mass is 308 g/mol. The topological polar surface area (TPSA) is 66.1 Å². The van der Waals surface area contributed by atoms with Crippen LogP contribution in [-0.4, -0.2) is 21.4 Å². The van der Waals surface area contributed by atoms with Crippen LogP contribution < -0.4 is 0 Å². The first kappa shape index (κ1) is 16.5. The van der Waals surface area contributed by atoms with Crippen LogP contribution in [0, 0.1) is 5.41 Å². The zero-order chi connectivity index (χ0) is 16.8. The predicted octanol–water partition coefficient (Wildman–Crippen LogP) is 3.88. The first-order chi connectivity index (χ1) is 11.0. The number of hydrogen-bond donors (Lipinski definition) is 2. The minimum Gasteiger partial charge on any atom is -0.481 e. The van der Waals surface area contributed by atoms with Crippen molar-refractivity contribution >= 4 is 22.6 Å². The molecule has 0 radical (unpaired) electrons. The lowest BCUT2D eigenvalue weighted by Crippen LogP contribution is -1.98. The molecule has 0 aliphatic heterocycles. The van der Waals surface area contributed by atoms with Crippen molar-refractivity contribution in [3.63, 3.8) is 0 Å². The molecule has 0 saturated heterocycles. The molecule has 23 heavy (non-hydrogen) atoms. The number of rotatable bonds is 3. The molecule has 2 N–H and O–H groups in total. The largest absolute Gasteiger partial charge is 0.481 e. The van der Waals surface area contributed by atoms with Gasteiger partial charge in [-0.1, -0.05) is 48.5 Å². The summed E-state index contributed by atoms with van der Waals surface area (Å²) >= 11 is 0. The highest BCUT2D eigenvalue weighted by Crippen LogP contribution is 2.20. The number of benzene rings is 2. The highest BCUT2D eigenvalue weighted by Gasteiger charge is 2.06. The van der Waals surface area contributed by atoms with Gasteiger partial charge in [0.2, 0.25) is 0 Å². The van der Waals surface area contributed by atoms with Gasteiger partial charge in [0.05, 0.1) is 6.42 Å². The summed E-state index contributed by atoms with van der Waals surface area (Å²) in [5.41, 5.74) is 3.68. The summed E-state index contributed by atoms with van der Waals surface area (Å²) in [6, 6.07) is 17.3. The lowest BCUT2D eigenvalue weighted by molar-refractivity contribution is -0.136. The fourth-order valence-electron chi connectivity index (χ4n) is 2.41. The van der Waals surface area contributed by atoms with E-state index in [2.05, 4.69) is 16.7 Å². The van der Waals surface area contributed by atoms with Gasteiger partial charge in [-0.05, 0) is 18.6 Å². The predicted molar refractivity (Wildman–Crippen MR) is 93.2 cm³/mol. The van der Waals surface area contributed by atoms with Crippen molar-refractivity contribution in [2.45, 2.75) is 13.3 Å². The standard InChI is InChI=1S/C11H12N2.C8H8O2/c1-8(12)10-7-13(2)11-6-4-3-5-9(10)11;9-8(10)6-7-4-2-1-3-5-7/h3-7,12H,1-2H3;1-5H,6H2,(H,9,10). The van der Waals surface area contributed by atoms with Crippen LogP contribution in [0.3, 0.4) is 0 Å². The molecule has 1 aromatic heterocycles. The van der Waals surface area contributed by atoms with Gasteiger partial charge in [0, 0.05) is 35.4 Å². The SMILES string of the molecule is CC(=N)c1cn(C)c2ccccc12.O=C(O)Cc1ccccc1. The van der Waals surface area contributed by atoms with Crippen LogP contribution in [0.25, 0.3) is 10.9 Å². The van der Waals surface area contributed by atoms with Crippen molar-refractivity contribution in [3.05, 3.63) is 71.9 Å². The first-order valence-electron chi connectivity index (χ1n) is 7.34. The molecule has 118 valence electrons. The number of aryl methyl sites for hydroxylation is 1. The lowest BCUT2D eigenvalue weighted by atomic mass is 10.1. The summed E-state index contributed by atoms with van der Waals surface area (Å²) in [4.78, 5) is 10.2. The maximum Gasteiger partial charge on any atom is 0.307 e. The molecule has 0 bridgehead atoms. The summed E-state index contributed by atoms with van der Waals surface area (Å²) in [5, 5.41) is 17.1. The fourth-order valence-corrected chi connectivity index (χ4v) is 2.41. The normalized spacial score (nSPS) is 10.0. The van der Waals surface area contributed by atoms with E-state index in [0.717, 1.165) is 16.5 Å². The smallest absolute Gasteiger partial charge is 0.307 e. The number of nitrogens with zero attached hydrogens (tertiary/aromatic N) is 1. The molecule has 3 rings (SSSR count). The molecule has 0 aliphatic rings. The number of hydrogen-bond acceptors (Lipinski definition) is 2. The van der Waals surface area contributed by atoms with Gasteiger partial charge < -0.3 is 15.1 Å². The Hall–Kier alpha value is -2.88. The van der Waals surface area contributed by atoms with Crippen molar-refractivity contribution in [2.24, 2.45) is 7.05 Å². The second-order valence-corrected chi connectivity index (χ2v) is 5.35. The number of carboxylic acids is 1. The lowest BCUT2D eigenvalue weighted by Gasteiger charge is -1.93. The molecule has 0 unspecified atom stereocenters. The Morgan fingerprint density at radius 2 is 1.70 bits per heavy atom. The van der Waals surface area contributed by atoms with Gasteiger partial charge in [-0.25, -0.2) is 0 Å². The molecular weight excluding hydrogens is 288 g/mol. The number of fused-ring (bicyclic) bond motifs is 1. The molecule has 4 nitrogen and oxygen atoms in total. The van der Waals surface area contributed by atoms with Gasteiger partial charge in [0.25, 0.3) is 0 Å². The number of nitrogens with one attached hydrogen (secondary N) is 1. The summed E-state index contributed by atoms with van der Waals surface area (Å²) < 4.78 is 2.06. The summed E-state index contributed by atoms with van der Waals surface area (Å²) in [6.07, 6.45) is 2.12. The Balaban J connectivity index is 0.000000174. The second-order valence-electron chi connectivity index (χ2n) is 5.35. The van der Waals surface area contributed by atoms with Crippen LogP contribution in [0.15, 0.2) is 60.8 Å². The maximum atomic E-state index is 10.2. The number of aromatic nitrogens is 1. The summed E-state index contributed by atoms with van der Waals surface area (Å²) in [5.74, 6) is -0.786. The van der Waals surface area contributed by atoms with E-state index in [-0.39, 0.29) is 6.42 Å². The van der Waals surface area contributed by atoms with Gasteiger partial charge >= 0.3 is 5.97 Å². The molecule has 3 aromatic rings. The second kappa shape index (κ2) is 7.40. The minimum absolute atomic E-state index is 0.112. The average molecular weight is 308 g/mol. The third kappa shape index (κ3) is 4.30. The molecule has 4 heteroatoms. The zero-order valence-electron chi connectivity index (χ0n) is 13.3. The van der Waals surface area contributed by atoms with Gasteiger partial charge in [0.15, 0.2) is 0 Å². The quantitative estimate of drug-likeness (QED) is 0.721. The number of carboxylic acid groups (broad SMARTS) is 1. The number of aliphatic carboxylic acids is 1. The van der Waals surface area contributed by atoms with Gasteiger partial charge in [-0.3, -0.25) is 4.79 Å². The van der Waals surface area contributed by atoms with Crippen LogP contribution in [0.2, 0.25) is 0 Å². The Morgan fingerprint density at radius 1 is 1.09 bits per heavy atom. The third-order valence-electron chi connectivity index (χ3n) is 3.50. The van der Waals surface area contributed by atoms with Crippen LogP contribution in [0.1, 0.15) is 18.1 Å². The van der Waals surface area contributed by atoms with E-state index < -0.39 is 5.97 Å². The van der Waals surface area contributed by atoms with E-state index >= 15 is 0 Å². The number of para-hydroxylation sites is 1. The third-order valence-corrected chi connectivity index (χ3v) is 3.50. The highest BCUT2D eigenvalue weighted by molar-refractivity contribution is 6.08. The van der Waals surface area contributed by atoms with Crippen LogP contribution in [0.4, 0.5) is 0 Å². The van der Waals surface area contributed by atoms with Gasteiger partial charge in [-0.2, -0.15) is 0 Å². The Morgan fingerprint density at radius 3 is 2.30 bits per heavy atom. The zero-order valence-corrected chi connectivity index (χ0v) is 13.3. The maximum absolute atomic E-state index is 10.2. The van der Waals surface area contributed by atoms with E-state index in [0.29, 0.717) is 5.71 Å². The molecule has 0 atom stereocenters. The van der Waals surface area contributed by atoms with E-state index in [1.54, 1.807) is 12.1 Å². The summed E-state index contributed by atoms with van der Waals surface area (Å²) in [7, 11) is 2.01. The Labute approximate surface area is 135 Å². The molecule has 0 aliphatic carbocycles. The van der Waals surface area contributed by atoms with Crippen LogP contribution >= 0.6 is 0 Å². The fraction of sp³-hybridized carbons (Fsp3) is 0.158. The van der Waals surface area contributed by atoms with E-state index in [4.69, 9.17) is 10.5 Å². The molecule has 0 amide bonds. The van der Waals surface area contributed by atoms with E-state index in [1.165, 1.54) is 5.52 Å². The number of carbonyl (C=O) groups is 1. The van der Waals surface area contributed by atoms with E-state index in [1.807, 2.05) is 50.5 Å². The van der Waals surface area contributed by atoms with Crippen molar-refractivity contribution in [2.75, 3.05) is 0 Å². The van der Waals surface area contributed by atoms with Crippen LogP contribution in [0.5, 0.6) is 0 Å². The molecule has 0 fully saturated rings. The van der Waals surface area contributed by atoms with Gasteiger partial charge in [0.1, 0.15) is 0 Å². The first-order valence-corrected chi connectivity index (χ1v) is 7.34. The summed E-state index contributed by atoms with van der Waals surface area (Å²) in [6.45, 7) is 1.82. The van der Waals surface area contributed by atoms with Gasteiger partial charge in [-0.15, -0.1) is 0 Å². The minimum atomic E-state index is -0.786. The Bertz CT molecular complexity index is 820. The van der Waals surface area contributed by atoms with Crippen LogP contribution in [-0.2, 0) is 18.3 Å². The molecule has 0 spiro atoms. The molecule has 1 heterocycles. The van der Waals surface area contributed by atoms with Crippen molar-refractivity contribution < 1.29 is 9.90 Å². The van der Waals surface area contributed by atoms with E-state index in [9.17, 15) is 4.79 Å².